The highest BCUT2D eigenvalue weighted by Gasteiger charge is 2.32. The average Bonchev–Trinajstić information content (AvgIpc) is 2.19. The van der Waals surface area contributed by atoms with Gasteiger partial charge in [0.05, 0.1) is 0 Å². The number of carbonyl (C=O) groups is 2. The van der Waals surface area contributed by atoms with Crippen molar-refractivity contribution in [3.63, 3.8) is 0 Å². The van der Waals surface area contributed by atoms with Crippen molar-refractivity contribution in [2.75, 3.05) is 14.1 Å². The predicted molar refractivity (Wildman–Crippen MR) is 61.6 cm³/mol. The van der Waals surface area contributed by atoms with E-state index >= 15 is 0 Å². The monoisotopic (exact) mass is 227 g/mol. The Balaban J connectivity index is 2.60. The molecule has 3 N–H and O–H groups in total. The normalized spacial score (nSPS) is 29.6. The number of nitrogens with two attached hydrogens (primary N) is 1. The molecule has 0 unspecified atom stereocenters. The number of nitrogens with zero attached hydrogens (tertiary/aromatic N) is 1. The molecular weight excluding hydrogens is 206 g/mol. The Hall–Kier alpha value is -1.10. The van der Waals surface area contributed by atoms with Gasteiger partial charge in [-0.3, -0.25) is 9.59 Å². The largest absolute Gasteiger partial charge is 0.352 e. The van der Waals surface area contributed by atoms with Crippen molar-refractivity contribution in [2.24, 2.45) is 11.7 Å². The molecule has 0 spiro atoms. The first-order chi connectivity index (χ1) is 7.41. The Bertz CT molecular complexity index is 278. The van der Waals surface area contributed by atoms with Crippen LogP contribution >= 0.6 is 0 Å². The van der Waals surface area contributed by atoms with Crippen molar-refractivity contribution in [2.45, 2.75) is 38.3 Å². The van der Waals surface area contributed by atoms with Gasteiger partial charge < -0.3 is 16.0 Å². The summed E-state index contributed by atoms with van der Waals surface area (Å²) in [5.74, 6) is 0.0345. The van der Waals surface area contributed by atoms with Gasteiger partial charge >= 0.3 is 0 Å². The molecule has 1 rings (SSSR count). The fourth-order valence-corrected chi connectivity index (χ4v) is 2.21. The summed E-state index contributed by atoms with van der Waals surface area (Å²) in [5, 5.41) is 2.82. The van der Waals surface area contributed by atoms with E-state index in [0.29, 0.717) is 6.42 Å². The van der Waals surface area contributed by atoms with E-state index in [1.807, 2.05) is 0 Å². The second-order valence-corrected chi connectivity index (χ2v) is 4.71. The molecule has 0 bridgehead atoms. The highest BCUT2D eigenvalue weighted by molar-refractivity contribution is 5.79. The molecule has 0 saturated heterocycles. The van der Waals surface area contributed by atoms with Crippen LogP contribution in [0.2, 0.25) is 0 Å². The van der Waals surface area contributed by atoms with Crippen LogP contribution in [-0.2, 0) is 9.59 Å². The third kappa shape index (κ3) is 3.20. The number of rotatable bonds is 2. The van der Waals surface area contributed by atoms with E-state index in [4.69, 9.17) is 5.73 Å². The zero-order chi connectivity index (χ0) is 12.3. The maximum atomic E-state index is 11.8. The number of hydrogen-bond acceptors (Lipinski definition) is 3. The minimum absolute atomic E-state index is 0.00773. The molecule has 0 aromatic rings. The summed E-state index contributed by atoms with van der Waals surface area (Å²) in [7, 11) is 3.51. The van der Waals surface area contributed by atoms with Crippen LogP contribution in [0.15, 0.2) is 0 Å². The van der Waals surface area contributed by atoms with Crippen LogP contribution in [0.5, 0.6) is 0 Å². The molecule has 1 aliphatic rings. The molecule has 0 heterocycles. The zero-order valence-electron chi connectivity index (χ0n) is 10.2. The van der Waals surface area contributed by atoms with Crippen LogP contribution in [0, 0.1) is 5.92 Å². The number of hydrogen-bond donors (Lipinski definition) is 2. The van der Waals surface area contributed by atoms with Crippen molar-refractivity contribution in [1.82, 2.24) is 10.2 Å². The summed E-state index contributed by atoms with van der Waals surface area (Å²) in [5.41, 5.74) is 5.93. The molecule has 5 nitrogen and oxygen atoms in total. The lowest BCUT2D eigenvalue weighted by molar-refractivity contribution is -0.134. The van der Waals surface area contributed by atoms with Crippen LogP contribution in [0.25, 0.3) is 0 Å². The summed E-state index contributed by atoms with van der Waals surface area (Å²) in [4.78, 5) is 24.4. The molecule has 92 valence electrons. The SMILES string of the molecule is CC(=O)N[C@@H]1C[C@@H](C(=O)N(C)C)CC[C@@H]1N. The third-order valence-electron chi connectivity index (χ3n) is 3.08. The topological polar surface area (TPSA) is 75.4 Å². The van der Waals surface area contributed by atoms with Crippen LogP contribution in [0.1, 0.15) is 26.2 Å². The fourth-order valence-electron chi connectivity index (χ4n) is 2.21. The van der Waals surface area contributed by atoms with E-state index in [1.165, 1.54) is 6.92 Å². The molecule has 16 heavy (non-hydrogen) atoms. The van der Waals surface area contributed by atoms with Gasteiger partial charge in [-0.1, -0.05) is 0 Å². The summed E-state index contributed by atoms with van der Waals surface area (Å²) >= 11 is 0. The Morgan fingerprint density at radius 2 is 1.94 bits per heavy atom. The van der Waals surface area contributed by atoms with Gasteiger partial charge in [0.2, 0.25) is 11.8 Å². The fraction of sp³-hybridized carbons (Fsp3) is 0.818. The predicted octanol–water partition coefficient (Wildman–Crippen LogP) is -0.293. The summed E-state index contributed by atoms with van der Waals surface area (Å²) in [6.45, 7) is 1.48. The van der Waals surface area contributed by atoms with Gasteiger partial charge in [-0.25, -0.2) is 0 Å². The Kier molecular flexibility index (Phi) is 4.29. The van der Waals surface area contributed by atoms with Crippen molar-refractivity contribution in [1.29, 1.82) is 0 Å². The van der Waals surface area contributed by atoms with Crippen LogP contribution in [0.3, 0.4) is 0 Å². The molecule has 1 saturated carbocycles. The lowest BCUT2D eigenvalue weighted by Crippen LogP contribution is -2.52. The van der Waals surface area contributed by atoms with Crippen molar-refractivity contribution >= 4 is 11.8 Å². The maximum Gasteiger partial charge on any atom is 0.225 e. The van der Waals surface area contributed by atoms with Crippen LogP contribution in [0.4, 0.5) is 0 Å². The van der Waals surface area contributed by atoms with E-state index in [2.05, 4.69) is 5.32 Å². The Labute approximate surface area is 96.4 Å². The second-order valence-electron chi connectivity index (χ2n) is 4.71. The molecule has 0 radical (unpaired) electrons. The Morgan fingerprint density at radius 1 is 1.31 bits per heavy atom. The van der Waals surface area contributed by atoms with E-state index in [-0.39, 0.29) is 29.8 Å². The molecule has 1 aliphatic carbocycles. The summed E-state index contributed by atoms with van der Waals surface area (Å²) in [6, 6.07) is -0.102. The van der Waals surface area contributed by atoms with Gasteiger partial charge in [0, 0.05) is 39.0 Å². The molecule has 2 amide bonds. The highest BCUT2D eigenvalue weighted by atomic mass is 16.2. The first-order valence-corrected chi connectivity index (χ1v) is 5.65. The standard InChI is InChI=1S/C11H21N3O2/c1-7(15)13-10-6-8(4-5-9(10)12)11(16)14(2)3/h8-10H,4-6,12H2,1-3H3,(H,13,15)/t8-,9-,10+/m0/s1. The van der Waals surface area contributed by atoms with Crippen molar-refractivity contribution in [3.8, 4) is 0 Å². The third-order valence-corrected chi connectivity index (χ3v) is 3.08. The lowest BCUT2D eigenvalue weighted by atomic mass is 9.82. The molecule has 0 aromatic heterocycles. The molecule has 0 aliphatic heterocycles. The van der Waals surface area contributed by atoms with Crippen LogP contribution in [-0.4, -0.2) is 42.9 Å². The molecule has 0 aromatic carbocycles. The maximum absolute atomic E-state index is 11.8. The van der Waals surface area contributed by atoms with E-state index < -0.39 is 0 Å². The highest BCUT2D eigenvalue weighted by Crippen LogP contribution is 2.25. The number of carbonyl (C=O) groups excluding carboxylic acids is 2. The van der Waals surface area contributed by atoms with E-state index in [9.17, 15) is 9.59 Å². The second kappa shape index (κ2) is 5.30. The van der Waals surface area contributed by atoms with E-state index in [1.54, 1.807) is 19.0 Å². The lowest BCUT2D eigenvalue weighted by Gasteiger charge is -2.34. The van der Waals surface area contributed by atoms with Gasteiger partial charge in [-0.15, -0.1) is 0 Å². The molecular formula is C11H21N3O2. The van der Waals surface area contributed by atoms with Gasteiger partial charge in [-0.2, -0.15) is 0 Å². The zero-order valence-corrected chi connectivity index (χ0v) is 10.2. The van der Waals surface area contributed by atoms with Gasteiger partial charge in [0.15, 0.2) is 0 Å². The quantitative estimate of drug-likeness (QED) is 0.680. The first kappa shape index (κ1) is 13.0. The molecule has 5 heteroatoms. The van der Waals surface area contributed by atoms with Gasteiger partial charge in [0.1, 0.15) is 0 Å². The summed E-state index contributed by atoms with van der Waals surface area (Å²) < 4.78 is 0. The van der Waals surface area contributed by atoms with Crippen molar-refractivity contribution in [3.05, 3.63) is 0 Å². The minimum atomic E-state index is -0.0848. The van der Waals surface area contributed by atoms with Gasteiger partial charge in [-0.05, 0) is 19.3 Å². The Morgan fingerprint density at radius 3 is 2.44 bits per heavy atom. The van der Waals surface area contributed by atoms with Crippen molar-refractivity contribution < 1.29 is 9.59 Å². The minimum Gasteiger partial charge on any atom is -0.352 e. The smallest absolute Gasteiger partial charge is 0.225 e. The van der Waals surface area contributed by atoms with Gasteiger partial charge in [0.25, 0.3) is 0 Å². The molecule has 1 fully saturated rings. The van der Waals surface area contributed by atoms with Crippen LogP contribution < -0.4 is 11.1 Å². The first-order valence-electron chi connectivity index (χ1n) is 5.65. The average molecular weight is 227 g/mol. The molecule has 3 atom stereocenters. The summed E-state index contributed by atoms with van der Waals surface area (Å²) in [6.07, 6.45) is 2.25. The number of nitrogens with one attached hydrogen (secondary N) is 1. The van der Waals surface area contributed by atoms with E-state index in [0.717, 1.165) is 12.8 Å². The number of amides is 2.